The number of rotatable bonds is 2. The molecule has 1 N–H and O–H groups in total. The van der Waals surface area contributed by atoms with Gasteiger partial charge in [-0.3, -0.25) is 0 Å². The zero-order chi connectivity index (χ0) is 8.16. The van der Waals surface area contributed by atoms with E-state index in [2.05, 4.69) is 11.4 Å². The number of methoxy groups -OCH3 is 1. The summed E-state index contributed by atoms with van der Waals surface area (Å²) in [6, 6.07) is 2.18. The van der Waals surface area contributed by atoms with Crippen LogP contribution in [0.5, 0.6) is 0 Å². The molecule has 0 aliphatic carbocycles. The maximum atomic E-state index is 8.56. The van der Waals surface area contributed by atoms with Gasteiger partial charge >= 0.3 is 0 Å². The lowest BCUT2D eigenvalue weighted by molar-refractivity contribution is -0.0298. The van der Waals surface area contributed by atoms with Crippen molar-refractivity contribution in [3.8, 4) is 6.07 Å². The number of nitriles is 1. The van der Waals surface area contributed by atoms with Crippen LogP contribution in [-0.2, 0) is 4.74 Å². The number of halogens is 1. The summed E-state index contributed by atoms with van der Waals surface area (Å²) in [6.07, 6.45) is 2.43. The number of nitrogens with zero attached hydrogens (tertiary/aromatic N) is 1. The molecule has 0 unspecified atom stereocenters. The standard InChI is InChI=1S/C8H14N2O.ClH/c1-11-8(2-5-9)3-6-10-7-4-8;/h10H,2-4,6-7H2,1H3;1H. The predicted octanol–water partition coefficient (Wildman–Crippen LogP) is 1.09. The Kier molecular flexibility index (Phi) is 5.23. The van der Waals surface area contributed by atoms with Crippen molar-refractivity contribution in [3.05, 3.63) is 0 Å². The highest BCUT2D eigenvalue weighted by molar-refractivity contribution is 5.85. The number of piperidine rings is 1. The second kappa shape index (κ2) is 5.36. The molecule has 0 aromatic rings. The van der Waals surface area contributed by atoms with Gasteiger partial charge in [0.2, 0.25) is 0 Å². The molecule has 0 aromatic carbocycles. The monoisotopic (exact) mass is 190 g/mol. The van der Waals surface area contributed by atoms with E-state index in [1.54, 1.807) is 7.11 Å². The molecule has 1 fully saturated rings. The van der Waals surface area contributed by atoms with Crippen LogP contribution >= 0.6 is 12.4 Å². The van der Waals surface area contributed by atoms with Gasteiger partial charge in [0.1, 0.15) is 0 Å². The summed E-state index contributed by atoms with van der Waals surface area (Å²) in [6.45, 7) is 1.94. The van der Waals surface area contributed by atoms with E-state index in [9.17, 15) is 0 Å². The first-order valence-corrected chi connectivity index (χ1v) is 3.96. The fraction of sp³-hybridized carbons (Fsp3) is 0.875. The van der Waals surface area contributed by atoms with E-state index < -0.39 is 0 Å². The second-order valence-electron chi connectivity index (χ2n) is 2.97. The third kappa shape index (κ3) is 2.63. The van der Waals surface area contributed by atoms with Gasteiger partial charge in [0.25, 0.3) is 0 Å². The molecule has 0 bridgehead atoms. The quantitative estimate of drug-likeness (QED) is 0.709. The van der Waals surface area contributed by atoms with E-state index in [1.807, 2.05) is 0 Å². The van der Waals surface area contributed by atoms with Gasteiger partial charge < -0.3 is 10.1 Å². The fourth-order valence-electron chi connectivity index (χ4n) is 1.48. The predicted molar refractivity (Wildman–Crippen MR) is 49.3 cm³/mol. The first kappa shape index (κ1) is 11.7. The SMILES string of the molecule is COC1(CC#N)CCNCC1.Cl. The van der Waals surface area contributed by atoms with Crippen molar-refractivity contribution in [1.29, 1.82) is 5.26 Å². The second-order valence-corrected chi connectivity index (χ2v) is 2.97. The Labute approximate surface area is 79.5 Å². The summed E-state index contributed by atoms with van der Waals surface area (Å²) >= 11 is 0. The lowest BCUT2D eigenvalue weighted by Crippen LogP contribution is -2.43. The molecule has 1 saturated heterocycles. The summed E-state index contributed by atoms with van der Waals surface area (Å²) in [7, 11) is 1.70. The van der Waals surface area contributed by atoms with E-state index in [-0.39, 0.29) is 18.0 Å². The van der Waals surface area contributed by atoms with Crippen molar-refractivity contribution in [2.75, 3.05) is 20.2 Å². The Morgan fingerprint density at radius 1 is 1.50 bits per heavy atom. The number of hydrogen-bond acceptors (Lipinski definition) is 3. The van der Waals surface area contributed by atoms with Crippen molar-refractivity contribution in [2.24, 2.45) is 0 Å². The summed E-state index contributed by atoms with van der Waals surface area (Å²) in [4.78, 5) is 0. The molecule has 0 atom stereocenters. The van der Waals surface area contributed by atoms with Gasteiger partial charge in [-0.1, -0.05) is 0 Å². The summed E-state index contributed by atoms with van der Waals surface area (Å²) in [5.41, 5.74) is -0.153. The number of ether oxygens (including phenoxy) is 1. The van der Waals surface area contributed by atoms with Crippen LogP contribution in [0.15, 0.2) is 0 Å². The molecule has 1 rings (SSSR count). The zero-order valence-corrected chi connectivity index (χ0v) is 8.12. The zero-order valence-electron chi connectivity index (χ0n) is 7.30. The van der Waals surface area contributed by atoms with Gasteiger partial charge in [0.05, 0.1) is 18.1 Å². The molecule has 4 heteroatoms. The van der Waals surface area contributed by atoms with Crippen molar-refractivity contribution >= 4 is 12.4 Å². The van der Waals surface area contributed by atoms with Crippen LogP contribution in [0.25, 0.3) is 0 Å². The molecular formula is C8H15ClN2O. The Balaban J connectivity index is 0.00000121. The van der Waals surface area contributed by atoms with Crippen LogP contribution in [0.3, 0.4) is 0 Å². The van der Waals surface area contributed by atoms with E-state index in [1.165, 1.54) is 0 Å². The van der Waals surface area contributed by atoms with Crippen LogP contribution in [0, 0.1) is 11.3 Å². The Bertz CT molecular complexity index is 161. The summed E-state index contributed by atoms with van der Waals surface area (Å²) in [5, 5.41) is 11.8. The minimum atomic E-state index is -0.153. The molecule has 12 heavy (non-hydrogen) atoms. The van der Waals surface area contributed by atoms with Gasteiger partial charge in [-0.15, -0.1) is 12.4 Å². The largest absolute Gasteiger partial charge is 0.377 e. The first-order valence-electron chi connectivity index (χ1n) is 3.96. The minimum Gasteiger partial charge on any atom is -0.377 e. The molecule has 3 nitrogen and oxygen atoms in total. The molecule has 0 amide bonds. The van der Waals surface area contributed by atoms with Gasteiger partial charge in [0.15, 0.2) is 0 Å². The third-order valence-electron chi connectivity index (χ3n) is 2.35. The third-order valence-corrected chi connectivity index (χ3v) is 2.35. The molecular weight excluding hydrogens is 176 g/mol. The van der Waals surface area contributed by atoms with E-state index >= 15 is 0 Å². The maximum absolute atomic E-state index is 8.56. The Morgan fingerprint density at radius 2 is 2.08 bits per heavy atom. The lowest BCUT2D eigenvalue weighted by atomic mass is 9.89. The van der Waals surface area contributed by atoms with E-state index in [0.717, 1.165) is 25.9 Å². The summed E-state index contributed by atoms with van der Waals surface area (Å²) < 4.78 is 5.36. The average molecular weight is 191 g/mol. The molecule has 0 spiro atoms. The fourth-order valence-corrected chi connectivity index (χ4v) is 1.48. The van der Waals surface area contributed by atoms with Crippen LogP contribution in [0.2, 0.25) is 0 Å². The van der Waals surface area contributed by atoms with Gasteiger partial charge in [0, 0.05) is 7.11 Å². The molecule has 0 radical (unpaired) electrons. The van der Waals surface area contributed by atoms with E-state index in [4.69, 9.17) is 10.00 Å². The average Bonchev–Trinajstić information content (AvgIpc) is 2.07. The Hall–Kier alpha value is -0.300. The van der Waals surface area contributed by atoms with Crippen LogP contribution in [0.4, 0.5) is 0 Å². The van der Waals surface area contributed by atoms with Crippen LogP contribution in [0.1, 0.15) is 19.3 Å². The van der Waals surface area contributed by atoms with Gasteiger partial charge in [-0.2, -0.15) is 5.26 Å². The molecule has 0 aromatic heterocycles. The van der Waals surface area contributed by atoms with E-state index in [0.29, 0.717) is 6.42 Å². The van der Waals surface area contributed by atoms with Crippen molar-refractivity contribution in [3.63, 3.8) is 0 Å². The highest BCUT2D eigenvalue weighted by Gasteiger charge is 2.31. The first-order chi connectivity index (χ1) is 5.33. The number of hydrogen-bond donors (Lipinski definition) is 1. The van der Waals surface area contributed by atoms with Gasteiger partial charge in [-0.05, 0) is 25.9 Å². The highest BCUT2D eigenvalue weighted by Crippen LogP contribution is 2.25. The maximum Gasteiger partial charge on any atom is 0.0832 e. The molecule has 1 aliphatic heterocycles. The van der Waals surface area contributed by atoms with Crippen LogP contribution in [-0.4, -0.2) is 25.8 Å². The topological polar surface area (TPSA) is 45.0 Å². The van der Waals surface area contributed by atoms with Crippen molar-refractivity contribution in [1.82, 2.24) is 5.32 Å². The van der Waals surface area contributed by atoms with Crippen molar-refractivity contribution in [2.45, 2.75) is 24.9 Å². The molecule has 0 saturated carbocycles. The molecule has 70 valence electrons. The van der Waals surface area contributed by atoms with Gasteiger partial charge in [-0.25, -0.2) is 0 Å². The van der Waals surface area contributed by atoms with Crippen molar-refractivity contribution < 1.29 is 4.74 Å². The number of nitrogens with one attached hydrogen (secondary N) is 1. The lowest BCUT2D eigenvalue weighted by Gasteiger charge is -2.34. The molecule has 1 heterocycles. The minimum absolute atomic E-state index is 0. The summed E-state index contributed by atoms with van der Waals surface area (Å²) in [5.74, 6) is 0. The van der Waals surface area contributed by atoms with Crippen LogP contribution < -0.4 is 5.32 Å². The smallest absolute Gasteiger partial charge is 0.0832 e. The molecule has 1 aliphatic rings. The Morgan fingerprint density at radius 3 is 2.50 bits per heavy atom. The highest BCUT2D eigenvalue weighted by atomic mass is 35.5. The normalized spacial score (nSPS) is 20.7.